The van der Waals surface area contributed by atoms with Gasteiger partial charge in [-0.05, 0) is 12.1 Å². The van der Waals surface area contributed by atoms with Crippen LogP contribution in [0.4, 0.5) is 5.13 Å². The van der Waals surface area contributed by atoms with Crippen LogP contribution in [0.1, 0.15) is 10.5 Å². The van der Waals surface area contributed by atoms with E-state index >= 15 is 0 Å². The Morgan fingerprint density at radius 3 is 2.91 bits per heavy atom. The zero-order chi connectivity index (χ0) is 15.5. The smallest absolute Gasteiger partial charge is 0.279 e. The summed E-state index contributed by atoms with van der Waals surface area (Å²) in [6.45, 7) is 0. The molecule has 0 fully saturated rings. The van der Waals surface area contributed by atoms with Crippen LogP contribution in [0.5, 0.6) is 5.75 Å². The minimum atomic E-state index is -0.339. The zero-order valence-corrected chi connectivity index (χ0v) is 12.8. The van der Waals surface area contributed by atoms with Crippen LogP contribution < -0.4 is 10.1 Å². The Morgan fingerprint density at radius 2 is 2.18 bits per heavy atom. The third kappa shape index (κ3) is 2.82. The predicted octanol–water partition coefficient (Wildman–Crippen LogP) is 2.20. The minimum Gasteiger partial charge on any atom is -0.496 e. The van der Waals surface area contributed by atoms with Gasteiger partial charge in [0.15, 0.2) is 10.8 Å². The first-order valence-electron chi connectivity index (χ1n) is 6.44. The van der Waals surface area contributed by atoms with E-state index in [1.54, 1.807) is 20.4 Å². The number of aryl methyl sites for hydroxylation is 1. The number of nitrogens with one attached hydrogen (secondary N) is 1. The summed E-state index contributed by atoms with van der Waals surface area (Å²) in [5, 5.41) is 12.6. The second kappa shape index (κ2) is 5.94. The average Bonchev–Trinajstić information content (AvgIpc) is 3.16. The van der Waals surface area contributed by atoms with Crippen molar-refractivity contribution in [2.45, 2.75) is 0 Å². The molecule has 0 atom stereocenters. The molecule has 1 aromatic carbocycles. The number of nitrogens with zero attached hydrogens (tertiary/aromatic N) is 4. The summed E-state index contributed by atoms with van der Waals surface area (Å²) in [4.78, 5) is 16.4. The van der Waals surface area contributed by atoms with Gasteiger partial charge in [-0.3, -0.25) is 14.8 Å². The fraction of sp³-hybridized carbons (Fsp3) is 0.143. The Bertz CT molecular complexity index is 811. The summed E-state index contributed by atoms with van der Waals surface area (Å²) in [7, 11) is 3.31. The van der Waals surface area contributed by atoms with Crippen molar-refractivity contribution in [3.63, 3.8) is 0 Å². The number of ether oxygens (including phenoxy) is 1. The number of para-hydroxylation sites is 1. The average molecular weight is 315 g/mol. The molecule has 1 N–H and O–H groups in total. The minimum absolute atomic E-state index is 0.247. The molecule has 0 unspecified atom stereocenters. The number of anilines is 1. The number of amides is 1. The molecule has 3 aromatic rings. The molecule has 3 rings (SSSR count). The van der Waals surface area contributed by atoms with Crippen LogP contribution in [-0.4, -0.2) is 33.0 Å². The number of carbonyl (C=O) groups is 1. The Hall–Kier alpha value is -2.74. The van der Waals surface area contributed by atoms with Gasteiger partial charge in [0.25, 0.3) is 5.91 Å². The highest BCUT2D eigenvalue weighted by molar-refractivity contribution is 7.14. The normalized spacial score (nSPS) is 10.5. The summed E-state index contributed by atoms with van der Waals surface area (Å²) in [5.41, 5.74) is 1.87. The molecule has 0 radical (unpaired) electrons. The van der Waals surface area contributed by atoms with E-state index in [0.29, 0.717) is 5.13 Å². The van der Waals surface area contributed by atoms with E-state index in [1.807, 2.05) is 29.6 Å². The van der Waals surface area contributed by atoms with Gasteiger partial charge in [0.2, 0.25) is 0 Å². The molecule has 112 valence electrons. The van der Waals surface area contributed by atoms with Gasteiger partial charge in [-0.1, -0.05) is 17.3 Å². The van der Waals surface area contributed by atoms with Crippen molar-refractivity contribution in [1.29, 1.82) is 0 Å². The van der Waals surface area contributed by atoms with Crippen molar-refractivity contribution in [3.8, 4) is 17.0 Å². The molecule has 0 aliphatic heterocycles. The fourth-order valence-corrected chi connectivity index (χ4v) is 2.63. The Labute approximate surface area is 130 Å². The number of hydrogen-bond acceptors (Lipinski definition) is 6. The molecular formula is C14H13N5O2S. The van der Waals surface area contributed by atoms with Crippen molar-refractivity contribution in [3.05, 3.63) is 41.5 Å². The zero-order valence-electron chi connectivity index (χ0n) is 12.0. The summed E-state index contributed by atoms with van der Waals surface area (Å²) in [5.74, 6) is 0.397. The number of aromatic nitrogens is 4. The maximum atomic E-state index is 12.0. The third-order valence-corrected chi connectivity index (χ3v) is 3.70. The van der Waals surface area contributed by atoms with Crippen molar-refractivity contribution in [2.24, 2.45) is 7.05 Å². The first kappa shape index (κ1) is 14.2. The van der Waals surface area contributed by atoms with E-state index in [0.717, 1.165) is 17.0 Å². The maximum absolute atomic E-state index is 12.0. The second-order valence-electron chi connectivity index (χ2n) is 4.47. The van der Waals surface area contributed by atoms with Crippen LogP contribution in [0.25, 0.3) is 11.3 Å². The molecule has 0 saturated carbocycles. The predicted molar refractivity (Wildman–Crippen MR) is 83.1 cm³/mol. The number of rotatable bonds is 4. The van der Waals surface area contributed by atoms with E-state index in [2.05, 4.69) is 20.6 Å². The largest absolute Gasteiger partial charge is 0.496 e. The maximum Gasteiger partial charge on any atom is 0.279 e. The van der Waals surface area contributed by atoms with Crippen molar-refractivity contribution in [1.82, 2.24) is 20.0 Å². The Kier molecular flexibility index (Phi) is 3.84. The molecule has 8 heteroatoms. The molecule has 7 nitrogen and oxygen atoms in total. The van der Waals surface area contributed by atoms with Gasteiger partial charge in [-0.15, -0.1) is 16.4 Å². The molecule has 1 amide bonds. The molecule has 0 aliphatic rings. The number of carbonyl (C=O) groups excluding carboxylic acids is 1. The van der Waals surface area contributed by atoms with E-state index < -0.39 is 0 Å². The lowest BCUT2D eigenvalue weighted by Gasteiger charge is -2.04. The lowest BCUT2D eigenvalue weighted by molar-refractivity contribution is 0.102. The number of benzene rings is 1. The molecule has 22 heavy (non-hydrogen) atoms. The molecular weight excluding hydrogens is 302 g/mol. The number of hydrogen-bond donors (Lipinski definition) is 1. The van der Waals surface area contributed by atoms with Crippen LogP contribution in [0.3, 0.4) is 0 Å². The topological polar surface area (TPSA) is 81.9 Å². The van der Waals surface area contributed by atoms with Gasteiger partial charge in [-0.25, -0.2) is 4.98 Å². The Morgan fingerprint density at radius 1 is 1.36 bits per heavy atom. The highest BCUT2D eigenvalue weighted by Gasteiger charge is 2.14. The molecule has 0 saturated heterocycles. The highest BCUT2D eigenvalue weighted by Crippen LogP contribution is 2.31. The lowest BCUT2D eigenvalue weighted by Crippen LogP contribution is -2.12. The first-order valence-corrected chi connectivity index (χ1v) is 7.32. The fourth-order valence-electron chi connectivity index (χ4n) is 1.92. The third-order valence-electron chi connectivity index (χ3n) is 2.94. The quantitative estimate of drug-likeness (QED) is 0.798. The van der Waals surface area contributed by atoms with E-state index in [9.17, 15) is 4.79 Å². The van der Waals surface area contributed by atoms with Crippen LogP contribution >= 0.6 is 11.3 Å². The van der Waals surface area contributed by atoms with E-state index in [-0.39, 0.29) is 11.6 Å². The summed E-state index contributed by atoms with van der Waals surface area (Å²) < 4.78 is 6.79. The van der Waals surface area contributed by atoms with Gasteiger partial charge < -0.3 is 4.74 Å². The van der Waals surface area contributed by atoms with Crippen LogP contribution in [-0.2, 0) is 7.05 Å². The van der Waals surface area contributed by atoms with Crippen molar-refractivity contribution >= 4 is 22.4 Å². The molecule has 2 heterocycles. The summed E-state index contributed by atoms with van der Waals surface area (Å²) in [6.07, 6.45) is 1.55. The van der Waals surface area contributed by atoms with Crippen LogP contribution in [0, 0.1) is 0 Å². The molecule has 2 aromatic heterocycles. The lowest BCUT2D eigenvalue weighted by atomic mass is 10.1. The summed E-state index contributed by atoms with van der Waals surface area (Å²) in [6, 6.07) is 7.59. The van der Waals surface area contributed by atoms with Gasteiger partial charge in [-0.2, -0.15) is 0 Å². The van der Waals surface area contributed by atoms with Crippen molar-refractivity contribution < 1.29 is 9.53 Å². The molecule has 0 bridgehead atoms. The highest BCUT2D eigenvalue weighted by atomic mass is 32.1. The van der Waals surface area contributed by atoms with Gasteiger partial charge in [0.1, 0.15) is 5.75 Å². The first-order chi connectivity index (χ1) is 10.7. The Balaban J connectivity index is 1.80. The second-order valence-corrected chi connectivity index (χ2v) is 5.33. The number of thiazole rings is 1. The molecule has 0 spiro atoms. The van der Waals surface area contributed by atoms with Crippen molar-refractivity contribution in [2.75, 3.05) is 12.4 Å². The van der Waals surface area contributed by atoms with Gasteiger partial charge in [0, 0.05) is 18.0 Å². The standard InChI is InChI=1S/C14H13N5O2S/c1-19-7-10(17-18-19)13(20)16-14-15-11(8-22-14)9-5-3-4-6-12(9)21-2/h3-8H,1-2H3,(H,15,16,20). The SMILES string of the molecule is COc1ccccc1-c1csc(NC(=O)c2cn(C)nn2)n1. The van der Waals surface area contributed by atoms with E-state index in [1.165, 1.54) is 16.0 Å². The van der Waals surface area contributed by atoms with Gasteiger partial charge in [0.05, 0.1) is 19.0 Å². The number of methoxy groups -OCH3 is 1. The van der Waals surface area contributed by atoms with Gasteiger partial charge >= 0.3 is 0 Å². The monoisotopic (exact) mass is 315 g/mol. The summed E-state index contributed by atoms with van der Waals surface area (Å²) >= 11 is 1.34. The molecule has 0 aliphatic carbocycles. The van der Waals surface area contributed by atoms with Crippen LogP contribution in [0.2, 0.25) is 0 Å². The van der Waals surface area contributed by atoms with E-state index in [4.69, 9.17) is 4.74 Å². The van der Waals surface area contributed by atoms with Crippen LogP contribution in [0.15, 0.2) is 35.8 Å².